The molecule has 1 aliphatic heterocycles. The lowest BCUT2D eigenvalue weighted by molar-refractivity contribution is 0.261. The van der Waals surface area contributed by atoms with E-state index >= 15 is 0 Å². The van der Waals surface area contributed by atoms with Gasteiger partial charge in [0.05, 0.1) is 12.4 Å². The summed E-state index contributed by atoms with van der Waals surface area (Å²) >= 11 is 0. The van der Waals surface area contributed by atoms with E-state index in [0.29, 0.717) is 24.9 Å². The maximum atomic E-state index is 9.49. The Morgan fingerprint density at radius 1 is 1.37 bits per heavy atom. The number of oxime groups is 1. The van der Waals surface area contributed by atoms with Crippen LogP contribution >= 0.6 is 0 Å². The Kier molecular flexibility index (Phi) is 7.78. The number of piperidine rings is 1. The fraction of sp³-hybridized carbons (Fsp3) is 0.524. The summed E-state index contributed by atoms with van der Waals surface area (Å²) < 4.78 is 1.72. The first-order valence-electron chi connectivity index (χ1n) is 10.6. The predicted octanol–water partition coefficient (Wildman–Crippen LogP) is 2.80. The Morgan fingerprint density at radius 2 is 2.23 bits per heavy atom. The molecule has 1 aliphatic rings. The lowest BCUT2D eigenvalue weighted by Gasteiger charge is -2.35. The monoisotopic (exact) mass is 413 g/mol. The molecular formula is C21H31N7O2. The molecule has 0 unspecified atom stereocenters. The molecule has 0 aromatic carbocycles. The van der Waals surface area contributed by atoms with Crippen LogP contribution in [0.4, 0.5) is 11.9 Å². The van der Waals surface area contributed by atoms with Crippen LogP contribution < -0.4 is 10.2 Å². The molecule has 162 valence electrons. The third-order valence-electron chi connectivity index (χ3n) is 5.33. The van der Waals surface area contributed by atoms with Gasteiger partial charge in [-0.05, 0) is 44.6 Å². The van der Waals surface area contributed by atoms with Gasteiger partial charge in [-0.25, -0.2) is 0 Å². The number of aliphatic hydroxyl groups excluding tert-OH is 1. The molecule has 0 bridgehead atoms. The number of nitrogens with one attached hydrogen (secondary N) is 1. The molecule has 0 saturated carbocycles. The Morgan fingerprint density at radius 3 is 2.97 bits per heavy atom. The van der Waals surface area contributed by atoms with Crippen LogP contribution in [0.15, 0.2) is 35.2 Å². The number of anilines is 2. The number of allylic oxidation sites excluding steroid dienone is 3. The normalized spacial score (nSPS) is 18.2. The lowest BCUT2D eigenvalue weighted by Crippen LogP contribution is -2.41. The van der Waals surface area contributed by atoms with Crippen LogP contribution in [0.5, 0.6) is 0 Å². The van der Waals surface area contributed by atoms with Gasteiger partial charge in [0.25, 0.3) is 0 Å². The summed E-state index contributed by atoms with van der Waals surface area (Å²) in [5.41, 5.74) is 2.63. The fourth-order valence-corrected chi connectivity index (χ4v) is 3.74. The highest BCUT2D eigenvalue weighted by atomic mass is 16.4. The first-order chi connectivity index (χ1) is 14.7. The third-order valence-corrected chi connectivity index (χ3v) is 5.33. The summed E-state index contributed by atoms with van der Waals surface area (Å²) in [5.74, 6) is 1.24. The van der Waals surface area contributed by atoms with Crippen LogP contribution in [-0.2, 0) is 6.42 Å². The van der Waals surface area contributed by atoms with Crippen LogP contribution in [0.2, 0.25) is 0 Å². The second-order valence-electron chi connectivity index (χ2n) is 7.33. The molecule has 30 heavy (non-hydrogen) atoms. The van der Waals surface area contributed by atoms with E-state index in [1.54, 1.807) is 4.52 Å². The van der Waals surface area contributed by atoms with E-state index in [-0.39, 0.29) is 12.6 Å². The first-order valence-corrected chi connectivity index (χ1v) is 10.6. The van der Waals surface area contributed by atoms with Crippen molar-refractivity contribution in [2.75, 3.05) is 29.9 Å². The second-order valence-corrected chi connectivity index (χ2v) is 7.33. The van der Waals surface area contributed by atoms with E-state index in [1.165, 1.54) is 6.21 Å². The van der Waals surface area contributed by atoms with Gasteiger partial charge in [0.2, 0.25) is 11.9 Å². The number of hydrogen-bond donors (Lipinski definition) is 3. The molecular weight excluding hydrogens is 382 g/mol. The number of rotatable bonds is 9. The van der Waals surface area contributed by atoms with Gasteiger partial charge < -0.3 is 20.5 Å². The van der Waals surface area contributed by atoms with Crippen LogP contribution in [0.25, 0.3) is 5.65 Å². The Bertz CT molecular complexity index is 917. The molecule has 3 rings (SSSR count). The van der Waals surface area contributed by atoms with E-state index in [0.717, 1.165) is 49.0 Å². The minimum atomic E-state index is 0.154. The summed E-state index contributed by atoms with van der Waals surface area (Å²) in [6.07, 6.45) is 13.7. The van der Waals surface area contributed by atoms with Crippen molar-refractivity contribution in [1.29, 1.82) is 0 Å². The van der Waals surface area contributed by atoms with Crippen molar-refractivity contribution in [1.82, 2.24) is 19.6 Å². The van der Waals surface area contributed by atoms with E-state index in [2.05, 4.69) is 27.4 Å². The smallest absolute Gasteiger partial charge is 0.230 e. The minimum Gasteiger partial charge on any atom is -0.411 e. The van der Waals surface area contributed by atoms with Gasteiger partial charge >= 0.3 is 0 Å². The van der Waals surface area contributed by atoms with Crippen molar-refractivity contribution in [3.63, 3.8) is 0 Å². The molecule has 9 nitrogen and oxygen atoms in total. The average Bonchev–Trinajstić information content (AvgIpc) is 3.19. The van der Waals surface area contributed by atoms with Crippen molar-refractivity contribution < 1.29 is 10.3 Å². The van der Waals surface area contributed by atoms with Gasteiger partial charge in [-0.1, -0.05) is 30.3 Å². The Hall–Kier alpha value is -2.94. The molecule has 2 aromatic rings. The highest BCUT2D eigenvalue weighted by Crippen LogP contribution is 2.26. The van der Waals surface area contributed by atoms with E-state index in [4.69, 9.17) is 15.2 Å². The molecule has 1 saturated heterocycles. The molecule has 9 heteroatoms. The minimum absolute atomic E-state index is 0.154. The summed E-state index contributed by atoms with van der Waals surface area (Å²) in [4.78, 5) is 11.8. The van der Waals surface area contributed by atoms with Crippen molar-refractivity contribution >= 4 is 23.8 Å². The standard InChI is InChI=1S/C21H31N7O2/c1-3-5-8-16(14-24-30)13-22-20-26-21(25-19-17(4-2)15-23-28(19)20)27-11-7-6-9-18(27)10-12-29/h3,5,8,14-15,18,29-30H,4,6-7,9-13H2,1-2H3,(H,22,25,26)/b5-3-,16-8-,24-14+/t18-/m1/s1. The predicted molar refractivity (Wildman–Crippen MR) is 119 cm³/mol. The molecule has 0 radical (unpaired) electrons. The van der Waals surface area contributed by atoms with Crippen molar-refractivity contribution in [3.05, 3.63) is 35.6 Å². The number of hydrogen-bond acceptors (Lipinski definition) is 8. The summed E-state index contributed by atoms with van der Waals surface area (Å²) in [5, 5.41) is 29.4. The van der Waals surface area contributed by atoms with Crippen LogP contribution in [0.3, 0.4) is 0 Å². The van der Waals surface area contributed by atoms with Gasteiger partial charge in [0.1, 0.15) is 0 Å². The Balaban J connectivity index is 1.97. The van der Waals surface area contributed by atoms with Gasteiger partial charge in [-0.3, -0.25) is 0 Å². The van der Waals surface area contributed by atoms with E-state index in [9.17, 15) is 5.11 Å². The summed E-state index contributed by atoms with van der Waals surface area (Å²) in [6.45, 7) is 5.45. The highest BCUT2D eigenvalue weighted by Gasteiger charge is 2.26. The second kappa shape index (κ2) is 10.7. The topological polar surface area (TPSA) is 111 Å². The molecule has 1 fully saturated rings. The zero-order valence-electron chi connectivity index (χ0n) is 17.7. The lowest BCUT2D eigenvalue weighted by atomic mass is 10.0. The highest BCUT2D eigenvalue weighted by molar-refractivity contribution is 5.79. The van der Waals surface area contributed by atoms with Crippen molar-refractivity contribution in [2.45, 2.75) is 52.0 Å². The molecule has 0 aliphatic carbocycles. The maximum Gasteiger partial charge on any atom is 0.230 e. The van der Waals surface area contributed by atoms with Crippen molar-refractivity contribution in [3.8, 4) is 0 Å². The molecule has 1 atom stereocenters. The van der Waals surface area contributed by atoms with Gasteiger partial charge in [0, 0.05) is 31.3 Å². The number of aryl methyl sites for hydroxylation is 1. The van der Waals surface area contributed by atoms with Gasteiger partial charge in [0.15, 0.2) is 5.65 Å². The third kappa shape index (κ3) is 4.96. The SMILES string of the molecule is C\C=C/C=C(\C=N\O)CNc1nc(N2CCCC[C@@H]2CCO)nc2c(CC)cnn12. The summed E-state index contributed by atoms with van der Waals surface area (Å²) in [7, 11) is 0. The molecule has 0 amide bonds. The van der Waals surface area contributed by atoms with E-state index < -0.39 is 0 Å². The maximum absolute atomic E-state index is 9.49. The fourth-order valence-electron chi connectivity index (χ4n) is 3.74. The number of aliphatic hydroxyl groups is 1. The molecule has 0 spiro atoms. The molecule has 3 N–H and O–H groups in total. The zero-order chi connectivity index (χ0) is 21.3. The molecule has 2 aromatic heterocycles. The van der Waals surface area contributed by atoms with Crippen molar-refractivity contribution in [2.24, 2.45) is 5.16 Å². The van der Waals surface area contributed by atoms with E-state index in [1.807, 2.05) is 31.3 Å². The number of fused-ring (bicyclic) bond motifs is 1. The van der Waals surface area contributed by atoms with Crippen LogP contribution in [0, 0.1) is 0 Å². The quantitative estimate of drug-likeness (QED) is 0.251. The first kappa shape index (κ1) is 21.8. The van der Waals surface area contributed by atoms with Gasteiger partial charge in [-0.15, -0.1) is 0 Å². The van der Waals surface area contributed by atoms with Crippen LogP contribution in [0.1, 0.15) is 45.1 Å². The molecule has 3 heterocycles. The number of nitrogens with zero attached hydrogens (tertiary/aromatic N) is 6. The van der Waals surface area contributed by atoms with Crippen LogP contribution in [-0.4, -0.2) is 61.8 Å². The summed E-state index contributed by atoms with van der Waals surface area (Å²) in [6, 6.07) is 0.235. The zero-order valence-corrected chi connectivity index (χ0v) is 17.7. The van der Waals surface area contributed by atoms with Gasteiger partial charge in [-0.2, -0.15) is 19.6 Å². The number of aromatic nitrogens is 4. The average molecular weight is 414 g/mol. The Labute approximate surface area is 176 Å². The largest absolute Gasteiger partial charge is 0.411 e.